The van der Waals surface area contributed by atoms with E-state index in [2.05, 4.69) is 9.62 Å². The van der Waals surface area contributed by atoms with E-state index in [-0.39, 0.29) is 11.6 Å². The van der Waals surface area contributed by atoms with Crippen LogP contribution >= 0.6 is 11.6 Å². The minimum atomic E-state index is -3.88. The van der Waals surface area contributed by atoms with Crippen molar-refractivity contribution in [3.8, 4) is 0 Å². The van der Waals surface area contributed by atoms with Crippen LogP contribution in [0.15, 0.2) is 23.1 Å². The molecule has 0 unspecified atom stereocenters. The van der Waals surface area contributed by atoms with Crippen LogP contribution in [0.5, 0.6) is 0 Å². The number of hydrogen-bond acceptors (Lipinski definition) is 4. The Balaban J connectivity index is 1.95. The van der Waals surface area contributed by atoms with Crippen LogP contribution in [-0.4, -0.2) is 52.7 Å². The van der Waals surface area contributed by atoms with Crippen LogP contribution in [0, 0.1) is 5.82 Å². The van der Waals surface area contributed by atoms with Crippen molar-refractivity contribution in [2.24, 2.45) is 0 Å². The second kappa shape index (κ2) is 6.82. The summed E-state index contributed by atoms with van der Waals surface area (Å²) < 4.78 is 45.1. The Morgan fingerprint density at radius 1 is 1.35 bits per heavy atom. The molecule has 1 saturated heterocycles. The zero-order chi connectivity index (χ0) is 14.6. The summed E-state index contributed by atoms with van der Waals surface area (Å²) >= 11 is 5.70. The van der Waals surface area contributed by atoms with Crippen molar-refractivity contribution in [3.63, 3.8) is 0 Å². The van der Waals surface area contributed by atoms with Gasteiger partial charge < -0.3 is 4.74 Å². The van der Waals surface area contributed by atoms with Crippen molar-refractivity contribution in [2.45, 2.75) is 4.90 Å². The lowest BCUT2D eigenvalue weighted by atomic mass is 10.3. The SMILES string of the molecule is O=S(=O)(NCCN1CCOCC1)c1cc(Cl)ccc1F. The molecule has 1 heterocycles. The third kappa shape index (κ3) is 4.13. The van der Waals surface area contributed by atoms with E-state index in [0.717, 1.165) is 25.2 Å². The molecule has 0 amide bonds. The molecule has 0 atom stereocenters. The van der Waals surface area contributed by atoms with Gasteiger partial charge in [0, 0.05) is 31.2 Å². The van der Waals surface area contributed by atoms with E-state index in [1.165, 1.54) is 6.07 Å². The summed E-state index contributed by atoms with van der Waals surface area (Å²) in [4.78, 5) is 1.66. The molecule has 0 saturated carbocycles. The van der Waals surface area contributed by atoms with Gasteiger partial charge in [0.1, 0.15) is 10.7 Å². The number of halogens is 2. The standard InChI is InChI=1S/C12H16ClFN2O3S/c13-10-1-2-11(14)12(9-10)20(17,18)15-3-4-16-5-7-19-8-6-16/h1-2,9,15H,3-8H2. The number of nitrogens with zero attached hydrogens (tertiary/aromatic N) is 1. The van der Waals surface area contributed by atoms with Gasteiger partial charge in [-0.3, -0.25) is 4.90 Å². The summed E-state index contributed by atoms with van der Waals surface area (Å²) in [6.07, 6.45) is 0. The fourth-order valence-corrected chi connectivity index (χ4v) is 3.28. The van der Waals surface area contributed by atoms with Gasteiger partial charge in [0.25, 0.3) is 0 Å². The summed E-state index contributed by atoms with van der Waals surface area (Å²) in [5, 5.41) is 0.181. The van der Waals surface area contributed by atoms with Crippen molar-refractivity contribution in [1.82, 2.24) is 9.62 Å². The normalized spacial score (nSPS) is 17.3. The second-order valence-electron chi connectivity index (χ2n) is 4.43. The third-order valence-electron chi connectivity index (χ3n) is 3.01. The molecule has 112 valence electrons. The third-order valence-corrected chi connectivity index (χ3v) is 4.72. The number of benzene rings is 1. The quantitative estimate of drug-likeness (QED) is 0.881. The van der Waals surface area contributed by atoms with E-state index in [1.807, 2.05) is 0 Å². The Labute approximate surface area is 122 Å². The maximum Gasteiger partial charge on any atom is 0.243 e. The molecule has 0 radical (unpaired) electrons. The van der Waals surface area contributed by atoms with E-state index >= 15 is 0 Å². The van der Waals surface area contributed by atoms with Crippen molar-refractivity contribution in [3.05, 3.63) is 29.0 Å². The average molecular weight is 323 g/mol. The minimum absolute atomic E-state index is 0.181. The van der Waals surface area contributed by atoms with Crippen LogP contribution in [0.1, 0.15) is 0 Å². The molecule has 1 aromatic carbocycles. The predicted octanol–water partition coefficient (Wildman–Crippen LogP) is 1.09. The fourth-order valence-electron chi connectivity index (χ4n) is 1.92. The number of ether oxygens (including phenoxy) is 1. The van der Waals surface area contributed by atoms with Gasteiger partial charge in [0.2, 0.25) is 10.0 Å². The zero-order valence-corrected chi connectivity index (χ0v) is 12.4. The van der Waals surface area contributed by atoms with Crippen LogP contribution < -0.4 is 4.72 Å². The summed E-state index contributed by atoms with van der Waals surface area (Å²) in [7, 11) is -3.88. The Morgan fingerprint density at radius 3 is 2.75 bits per heavy atom. The Kier molecular flexibility index (Phi) is 5.34. The van der Waals surface area contributed by atoms with E-state index in [0.29, 0.717) is 19.8 Å². The van der Waals surface area contributed by atoms with Gasteiger partial charge in [-0.1, -0.05) is 11.6 Å². The number of hydrogen-bond donors (Lipinski definition) is 1. The van der Waals surface area contributed by atoms with Crippen molar-refractivity contribution >= 4 is 21.6 Å². The molecular formula is C12H16ClFN2O3S. The highest BCUT2D eigenvalue weighted by atomic mass is 35.5. The maximum absolute atomic E-state index is 13.5. The van der Waals surface area contributed by atoms with Gasteiger partial charge >= 0.3 is 0 Å². The first kappa shape index (κ1) is 15.7. The van der Waals surface area contributed by atoms with Gasteiger partial charge in [-0.05, 0) is 18.2 Å². The van der Waals surface area contributed by atoms with E-state index in [1.54, 1.807) is 0 Å². The largest absolute Gasteiger partial charge is 0.379 e. The summed E-state index contributed by atoms with van der Waals surface area (Å²) in [5.41, 5.74) is 0. The summed E-state index contributed by atoms with van der Waals surface area (Å²) in [6.45, 7) is 3.62. The molecule has 1 aliphatic heterocycles. The summed E-state index contributed by atoms with van der Waals surface area (Å²) in [6, 6.07) is 3.45. The molecule has 1 fully saturated rings. The number of morpholine rings is 1. The molecule has 8 heteroatoms. The molecule has 1 N–H and O–H groups in total. The monoisotopic (exact) mass is 322 g/mol. The average Bonchev–Trinajstić information content (AvgIpc) is 2.42. The highest BCUT2D eigenvalue weighted by Gasteiger charge is 2.19. The molecule has 0 bridgehead atoms. The topological polar surface area (TPSA) is 58.6 Å². The Morgan fingerprint density at radius 2 is 2.05 bits per heavy atom. The highest BCUT2D eigenvalue weighted by Crippen LogP contribution is 2.19. The first-order chi connectivity index (χ1) is 9.49. The van der Waals surface area contributed by atoms with Gasteiger partial charge in [-0.15, -0.1) is 0 Å². The summed E-state index contributed by atoms with van der Waals surface area (Å²) in [5.74, 6) is -0.812. The van der Waals surface area contributed by atoms with Gasteiger partial charge in [0.15, 0.2) is 0 Å². The Hall–Kier alpha value is -0.730. The molecule has 1 aliphatic rings. The van der Waals surface area contributed by atoms with Gasteiger partial charge in [0.05, 0.1) is 13.2 Å². The molecule has 5 nitrogen and oxygen atoms in total. The number of sulfonamides is 1. The first-order valence-corrected chi connectivity index (χ1v) is 8.10. The molecule has 20 heavy (non-hydrogen) atoms. The van der Waals surface area contributed by atoms with Crippen molar-refractivity contribution < 1.29 is 17.5 Å². The lowest BCUT2D eigenvalue weighted by Gasteiger charge is -2.26. The second-order valence-corrected chi connectivity index (χ2v) is 6.60. The zero-order valence-electron chi connectivity index (χ0n) is 10.8. The molecule has 0 aromatic heterocycles. The van der Waals surface area contributed by atoms with Crippen LogP contribution in [0.2, 0.25) is 5.02 Å². The van der Waals surface area contributed by atoms with E-state index in [9.17, 15) is 12.8 Å². The number of nitrogens with one attached hydrogen (secondary N) is 1. The van der Waals surface area contributed by atoms with E-state index < -0.39 is 20.7 Å². The van der Waals surface area contributed by atoms with Gasteiger partial charge in [-0.25, -0.2) is 17.5 Å². The van der Waals surface area contributed by atoms with Crippen LogP contribution in [0.25, 0.3) is 0 Å². The lowest BCUT2D eigenvalue weighted by molar-refractivity contribution is 0.0390. The minimum Gasteiger partial charge on any atom is -0.379 e. The number of rotatable bonds is 5. The molecule has 0 spiro atoms. The smallest absolute Gasteiger partial charge is 0.243 e. The van der Waals surface area contributed by atoms with Crippen molar-refractivity contribution in [2.75, 3.05) is 39.4 Å². The first-order valence-electron chi connectivity index (χ1n) is 6.24. The highest BCUT2D eigenvalue weighted by molar-refractivity contribution is 7.89. The van der Waals surface area contributed by atoms with Gasteiger partial charge in [-0.2, -0.15) is 0 Å². The fraction of sp³-hybridized carbons (Fsp3) is 0.500. The van der Waals surface area contributed by atoms with Crippen molar-refractivity contribution in [1.29, 1.82) is 0 Å². The molecule has 0 aliphatic carbocycles. The van der Waals surface area contributed by atoms with Crippen LogP contribution in [0.4, 0.5) is 4.39 Å². The van der Waals surface area contributed by atoms with E-state index in [4.69, 9.17) is 16.3 Å². The maximum atomic E-state index is 13.5. The lowest BCUT2D eigenvalue weighted by Crippen LogP contribution is -2.41. The molecular weight excluding hydrogens is 307 g/mol. The predicted molar refractivity (Wildman–Crippen MR) is 73.9 cm³/mol. The van der Waals surface area contributed by atoms with Crippen LogP contribution in [0.3, 0.4) is 0 Å². The Bertz CT molecular complexity index is 562. The van der Waals surface area contributed by atoms with Crippen LogP contribution in [-0.2, 0) is 14.8 Å². The molecule has 2 rings (SSSR count). The molecule has 1 aromatic rings.